The average molecular weight is 699 g/mol. The molecule has 0 aliphatic carbocycles. The monoisotopic (exact) mass is 698 g/mol. The van der Waals surface area contributed by atoms with Gasteiger partial charge >= 0.3 is 6.09 Å². The molecule has 0 amide bonds. The van der Waals surface area contributed by atoms with E-state index in [0.717, 1.165) is 10.6 Å². The summed E-state index contributed by atoms with van der Waals surface area (Å²) in [6.07, 6.45) is 1.73. The summed E-state index contributed by atoms with van der Waals surface area (Å²) in [5.41, 5.74) is 1.05. The number of fused-ring (bicyclic) bond motifs is 2. The number of carbonyl (C=O) groups is 1. The standard InChI is InChI=1S/C32H46N6O6SSi2/c1-22-17-26(43-4)27(24-11-12-37(28(22)24)31(39)40)32(2,36(3)45(41,42)14-16-47(8,9)10)30-35-25-18-23(19-33)20-34-29(25)38(30)21-44-13-15-46(5,6)7/h11-12,17-18,20H,13-16,21H2,1-10H3,(H,39,40). The molecular weight excluding hydrogens is 653 g/mol. The first-order chi connectivity index (χ1) is 21.7. The fraction of sp³-hybridized carbons (Fsp3) is 0.500. The van der Waals surface area contributed by atoms with Crippen LogP contribution in [0.1, 0.15) is 29.4 Å². The van der Waals surface area contributed by atoms with Gasteiger partial charge in [0, 0.05) is 53.1 Å². The largest absolute Gasteiger partial charge is 0.496 e. The number of pyridine rings is 1. The minimum Gasteiger partial charge on any atom is -0.496 e. The molecule has 0 radical (unpaired) electrons. The van der Waals surface area contributed by atoms with Crippen molar-refractivity contribution in [2.75, 3.05) is 26.5 Å². The fourth-order valence-corrected chi connectivity index (χ4v) is 10.9. The highest BCUT2D eigenvalue weighted by molar-refractivity contribution is 7.89. The molecule has 0 spiro atoms. The van der Waals surface area contributed by atoms with Crippen LogP contribution < -0.4 is 4.74 Å². The van der Waals surface area contributed by atoms with E-state index in [2.05, 4.69) is 50.3 Å². The van der Waals surface area contributed by atoms with Gasteiger partial charge < -0.3 is 14.6 Å². The zero-order chi connectivity index (χ0) is 35.1. The number of benzene rings is 1. The van der Waals surface area contributed by atoms with Gasteiger partial charge in [0.15, 0.2) is 5.65 Å². The van der Waals surface area contributed by atoms with Crippen LogP contribution in [0.5, 0.6) is 5.75 Å². The summed E-state index contributed by atoms with van der Waals surface area (Å²) in [6, 6.07) is 8.57. The van der Waals surface area contributed by atoms with E-state index in [-0.39, 0.29) is 12.5 Å². The van der Waals surface area contributed by atoms with E-state index in [1.165, 1.54) is 30.9 Å². The molecular formula is C32H46N6O6SSi2. The van der Waals surface area contributed by atoms with E-state index in [1.54, 1.807) is 36.6 Å². The third-order valence-corrected chi connectivity index (χ3v) is 14.3. The van der Waals surface area contributed by atoms with E-state index < -0.39 is 37.8 Å². The van der Waals surface area contributed by atoms with Gasteiger partial charge in [0.05, 0.1) is 23.9 Å². The first-order valence-electron chi connectivity index (χ1n) is 15.5. The summed E-state index contributed by atoms with van der Waals surface area (Å²) in [5, 5.41) is 20.2. The SMILES string of the molecule is COc1cc(C)c2c(ccn2C(=O)O)c1C(C)(c1nc2cc(C#N)cnc2n1COCC[Si](C)(C)C)N(C)S(=O)(=O)CC[Si](C)(C)C. The molecule has 1 atom stereocenters. The number of hydrogen-bond acceptors (Lipinski definition) is 8. The fourth-order valence-electron chi connectivity index (χ4n) is 5.69. The topological polar surface area (TPSA) is 153 Å². The van der Waals surface area contributed by atoms with Crippen LogP contribution in [0.15, 0.2) is 30.6 Å². The molecule has 0 aliphatic heterocycles. The molecule has 254 valence electrons. The third-order valence-electron chi connectivity index (χ3n) is 8.56. The highest BCUT2D eigenvalue weighted by Crippen LogP contribution is 2.46. The van der Waals surface area contributed by atoms with Crippen LogP contribution >= 0.6 is 0 Å². The normalized spacial score (nSPS) is 14.1. The van der Waals surface area contributed by atoms with Crippen molar-refractivity contribution in [2.45, 2.75) is 77.5 Å². The van der Waals surface area contributed by atoms with Crippen LogP contribution in [0.2, 0.25) is 51.4 Å². The molecule has 0 saturated heterocycles. The van der Waals surface area contributed by atoms with Gasteiger partial charge in [0.1, 0.15) is 35.4 Å². The summed E-state index contributed by atoms with van der Waals surface area (Å²) in [7, 11) is -4.11. The molecule has 12 nitrogen and oxygen atoms in total. The summed E-state index contributed by atoms with van der Waals surface area (Å²) in [6.45, 7) is 17.2. The number of hydrogen-bond donors (Lipinski definition) is 1. The molecule has 47 heavy (non-hydrogen) atoms. The Hall–Kier alpha value is -3.56. The highest BCUT2D eigenvalue weighted by atomic mass is 32.2. The number of imidazole rings is 1. The zero-order valence-electron chi connectivity index (χ0n) is 29.0. The van der Waals surface area contributed by atoms with Gasteiger partial charge in [-0.3, -0.25) is 9.13 Å². The maximum Gasteiger partial charge on any atom is 0.416 e. The van der Waals surface area contributed by atoms with Crippen LogP contribution in [0.3, 0.4) is 0 Å². The molecule has 0 fully saturated rings. The van der Waals surface area contributed by atoms with Crippen molar-refractivity contribution in [1.29, 1.82) is 5.26 Å². The van der Waals surface area contributed by atoms with E-state index in [0.29, 0.717) is 63.0 Å². The number of nitriles is 1. The van der Waals surface area contributed by atoms with E-state index in [1.807, 2.05) is 0 Å². The van der Waals surface area contributed by atoms with Crippen molar-refractivity contribution in [2.24, 2.45) is 0 Å². The zero-order valence-corrected chi connectivity index (χ0v) is 31.8. The summed E-state index contributed by atoms with van der Waals surface area (Å²) in [5.74, 6) is 0.594. The van der Waals surface area contributed by atoms with Crippen LogP contribution in [0.25, 0.3) is 22.1 Å². The molecule has 1 aromatic carbocycles. The minimum atomic E-state index is -3.94. The number of nitrogens with zero attached hydrogens (tertiary/aromatic N) is 6. The second-order valence-corrected chi connectivity index (χ2v) is 27.9. The number of carboxylic acid groups (broad SMARTS) is 1. The Balaban J connectivity index is 2.11. The van der Waals surface area contributed by atoms with Gasteiger partial charge in [-0.1, -0.05) is 39.3 Å². The van der Waals surface area contributed by atoms with Gasteiger partial charge in [-0.25, -0.2) is 23.2 Å². The van der Waals surface area contributed by atoms with Gasteiger partial charge in [-0.05, 0) is 49.7 Å². The predicted octanol–water partition coefficient (Wildman–Crippen LogP) is 6.28. The molecule has 1 unspecified atom stereocenters. The molecule has 0 saturated carbocycles. The Morgan fingerprint density at radius 3 is 2.38 bits per heavy atom. The summed E-state index contributed by atoms with van der Waals surface area (Å²) >= 11 is 0. The Kier molecular flexibility index (Phi) is 10.2. The number of ether oxygens (including phenoxy) is 2. The lowest BCUT2D eigenvalue weighted by molar-refractivity contribution is 0.0825. The van der Waals surface area contributed by atoms with Crippen molar-refractivity contribution in [1.82, 2.24) is 23.4 Å². The smallest absolute Gasteiger partial charge is 0.416 e. The first-order valence-corrected chi connectivity index (χ1v) is 24.5. The van der Waals surface area contributed by atoms with Crippen molar-refractivity contribution in [3.63, 3.8) is 0 Å². The molecule has 4 aromatic rings. The van der Waals surface area contributed by atoms with Crippen LogP contribution in [0, 0.1) is 18.3 Å². The van der Waals surface area contributed by atoms with Crippen LogP contribution in [0.4, 0.5) is 4.79 Å². The molecule has 3 heterocycles. The molecule has 15 heteroatoms. The van der Waals surface area contributed by atoms with Crippen molar-refractivity contribution >= 4 is 54.3 Å². The Labute approximate surface area is 279 Å². The minimum absolute atomic E-state index is 0.0288. The maximum atomic E-state index is 14.4. The van der Waals surface area contributed by atoms with Gasteiger partial charge in [0.2, 0.25) is 10.0 Å². The van der Waals surface area contributed by atoms with Crippen molar-refractivity contribution < 1.29 is 27.8 Å². The van der Waals surface area contributed by atoms with Crippen molar-refractivity contribution in [3.05, 3.63) is 53.1 Å². The Morgan fingerprint density at radius 1 is 1.15 bits per heavy atom. The second kappa shape index (κ2) is 13.2. The number of sulfonamides is 1. The number of aromatic nitrogens is 4. The Bertz CT molecular complexity index is 1970. The number of aryl methyl sites for hydroxylation is 1. The second-order valence-electron chi connectivity index (χ2n) is 14.6. The highest BCUT2D eigenvalue weighted by Gasteiger charge is 2.47. The van der Waals surface area contributed by atoms with Crippen LogP contribution in [-0.2, 0) is 27.0 Å². The van der Waals surface area contributed by atoms with Gasteiger partial charge in [-0.15, -0.1) is 0 Å². The average Bonchev–Trinajstić information content (AvgIpc) is 3.59. The quantitative estimate of drug-likeness (QED) is 0.126. The predicted molar refractivity (Wildman–Crippen MR) is 189 cm³/mol. The lowest BCUT2D eigenvalue weighted by Gasteiger charge is -2.39. The number of methoxy groups -OCH3 is 1. The van der Waals surface area contributed by atoms with E-state index in [9.17, 15) is 23.6 Å². The molecule has 1 N–H and O–H groups in total. The first kappa shape index (κ1) is 36.3. The molecule has 3 aromatic heterocycles. The molecule has 0 bridgehead atoms. The molecule has 4 rings (SSSR count). The maximum absolute atomic E-state index is 14.4. The van der Waals surface area contributed by atoms with E-state index in [4.69, 9.17) is 14.5 Å². The Morgan fingerprint density at radius 2 is 1.81 bits per heavy atom. The lowest BCUT2D eigenvalue weighted by Crippen LogP contribution is -2.49. The lowest BCUT2D eigenvalue weighted by atomic mass is 9.86. The van der Waals surface area contributed by atoms with Crippen molar-refractivity contribution in [3.8, 4) is 11.8 Å². The van der Waals surface area contributed by atoms with Crippen LogP contribution in [-0.4, -0.2) is 85.7 Å². The molecule has 0 aliphatic rings. The summed E-state index contributed by atoms with van der Waals surface area (Å²) < 4.78 is 45.1. The van der Waals surface area contributed by atoms with E-state index >= 15 is 0 Å². The third kappa shape index (κ3) is 7.31. The van der Waals surface area contributed by atoms with Gasteiger partial charge in [-0.2, -0.15) is 9.57 Å². The van der Waals surface area contributed by atoms with Gasteiger partial charge in [0.25, 0.3) is 0 Å². The number of rotatable bonds is 13. The summed E-state index contributed by atoms with van der Waals surface area (Å²) in [4.78, 5) is 21.9.